The van der Waals surface area contributed by atoms with Gasteiger partial charge in [0, 0.05) is 17.5 Å². The number of carbonyl (C=O) groups is 2. The molecule has 0 bridgehead atoms. The summed E-state index contributed by atoms with van der Waals surface area (Å²) in [4.78, 5) is 24.8. The number of amides is 2. The number of nitrogens with one attached hydrogen (secondary N) is 1. The van der Waals surface area contributed by atoms with Gasteiger partial charge in [-0.2, -0.15) is 5.10 Å². The van der Waals surface area contributed by atoms with Gasteiger partial charge in [0.1, 0.15) is 0 Å². The second-order valence-corrected chi connectivity index (χ2v) is 8.94. The first kappa shape index (κ1) is 23.5. The summed E-state index contributed by atoms with van der Waals surface area (Å²) < 4.78 is 10.5. The summed E-state index contributed by atoms with van der Waals surface area (Å²) in [5.74, 6) is 0. The Morgan fingerprint density at radius 2 is 1.73 bits per heavy atom. The number of carbonyl (C=O) groups excluding carboxylic acids is 2. The van der Waals surface area contributed by atoms with Gasteiger partial charge in [0.05, 0.1) is 30.5 Å². The predicted molar refractivity (Wildman–Crippen MR) is 117 cm³/mol. The molecule has 1 heterocycles. The molecule has 0 saturated carbocycles. The van der Waals surface area contributed by atoms with Crippen LogP contribution in [0.2, 0.25) is 0 Å². The molecule has 0 aliphatic carbocycles. The minimum Gasteiger partial charge on any atom is -0.446 e. The van der Waals surface area contributed by atoms with Crippen molar-refractivity contribution in [3.8, 4) is 0 Å². The van der Waals surface area contributed by atoms with E-state index in [9.17, 15) is 9.59 Å². The van der Waals surface area contributed by atoms with Crippen LogP contribution >= 0.6 is 0 Å². The summed E-state index contributed by atoms with van der Waals surface area (Å²) in [7, 11) is 0. The van der Waals surface area contributed by atoms with Crippen molar-refractivity contribution in [3.05, 3.63) is 30.3 Å². The van der Waals surface area contributed by atoms with Gasteiger partial charge in [0.15, 0.2) is 0 Å². The number of nitrogens with zero attached hydrogens (tertiary/aromatic N) is 3. The van der Waals surface area contributed by atoms with Crippen LogP contribution in [-0.4, -0.2) is 47.7 Å². The lowest BCUT2D eigenvalue weighted by molar-refractivity contribution is 0.0453. The van der Waals surface area contributed by atoms with E-state index >= 15 is 0 Å². The Bertz CT molecular complexity index is 756. The molecule has 0 radical (unpaired) electrons. The van der Waals surface area contributed by atoms with Gasteiger partial charge in [-0.05, 0) is 39.8 Å². The third-order valence-corrected chi connectivity index (χ3v) is 4.41. The highest BCUT2D eigenvalue weighted by Gasteiger charge is 2.36. The predicted octanol–water partition coefficient (Wildman–Crippen LogP) is 4.56. The highest BCUT2D eigenvalue weighted by atomic mass is 16.6. The van der Waals surface area contributed by atoms with E-state index < -0.39 is 12.2 Å². The molecule has 0 fully saturated rings. The molecular weight excluding hydrogens is 384 g/mol. The Hall–Kier alpha value is -2.77. The van der Waals surface area contributed by atoms with Crippen molar-refractivity contribution >= 4 is 23.6 Å². The number of ether oxygens (including phenoxy) is 2. The summed E-state index contributed by atoms with van der Waals surface area (Å²) >= 11 is 0. The third-order valence-electron chi connectivity index (χ3n) is 4.41. The lowest BCUT2D eigenvalue weighted by Gasteiger charge is -2.30. The minimum atomic E-state index is -0.702. The first-order chi connectivity index (χ1) is 14.0. The van der Waals surface area contributed by atoms with E-state index in [1.807, 2.05) is 35.3 Å². The van der Waals surface area contributed by atoms with Crippen molar-refractivity contribution in [3.63, 3.8) is 0 Å². The normalized spacial score (nSPS) is 16.5. The zero-order chi connectivity index (χ0) is 22.5. The van der Waals surface area contributed by atoms with Crippen LogP contribution in [0.5, 0.6) is 0 Å². The van der Waals surface area contributed by atoms with Crippen molar-refractivity contribution in [1.82, 2.24) is 10.4 Å². The van der Waals surface area contributed by atoms with Gasteiger partial charge in [-0.1, -0.05) is 39.0 Å². The molecule has 1 atom stereocenters. The van der Waals surface area contributed by atoms with Crippen molar-refractivity contribution in [2.45, 2.75) is 73.1 Å². The summed E-state index contributed by atoms with van der Waals surface area (Å²) in [5.41, 5.74) is 4.36. The SMILES string of the molecule is CC(C)OC(=O)NN(CC1CC(C(C)(C)C)=NN1c1ccccc1)C(=O)OC(C)C. The van der Waals surface area contributed by atoms with Crippen LogP contribution in [0.15, 0.2) is 35.4 Å². The van der Waals surface area contributed by atoms with Crippen LogP contribution < -0.4 is 10.4 Å². The molecule has 2 amide bonds. The third kappa shape index (κ3) is 6.64. The molecule has 0 saturated heterocycles. The van der Waals surface area contributed by atoms with Crippen LogP contribution in [0.1, 0.15) is 54.9 Å². The molecular formula is C22H34N4O4. The van der Waals surface area contributed by atoms with Crippen LogP contribution in [0.25, 0.3) is 0 Å². The number of hydrogen-bond acceptors (Lipinski definition) is 6. The molecule has 166 valence electrons. The number of benzene rings is 1. The molecule has 1 unspecified atom stereocenters. The van der Waals surface area contributed by atoms with E-state index in [-0.39, 0.29) is 30.2 Å². The zero-order valence-electron chi connectivity index (χ0n) is 19.0. The van der Waals surface area contributed by atoms with Gasteiger partial charge >= 0.3 is 12.2 Å². The first-order valence-corrected chi connectivity index (χ1v) is 10.3. The summed E-state index contributed by atoms with van der Waals surface area (Å²) in [6, 6.07) is 9.61. The highest BCUT2D eigenvalue weighted by molar-refractivity contribution is 5.93. The Morgan fingerprint density at radius 3 is 2.27 bits per heavy atom. The number of hydrogen-bond donors (Lipinski definition) is 1. The number of rotatable bonds is 5. The van der Waals surface area contributed by atoms with E-state index in [4.69, 9.17) is 14.6 Å². The minimum absolute atomic E-state index is 0.116. The van der Waals surface area contributed by atoms with Crippen LogP contribution in [0.3, 0.4) is 0 Å². The monoisotopic (exact) mass is 418 g/mol. The van der Waals surface area contributed by atoms with E-state index in [1.165, 1.54) is 5.01 Å². The molecule has 1 aromatic carbocycles. The Balaban J connectivity index is 2.26. The number of para-hydroxylation sites is 1. The molecule has 1 aliphatic heterocycles. The average molecular weight is 419 g/mol. The molecule has 1 aromatic rings. The fraction of sp³-hybridized carbons (Fsp3) is 0.591. The Morgan fingerprint density at radius 1 is 1.13 bits per heavy atom. The van der Waals surface area contributed by atoms with Crippen molar-refractivity contribution in [1.29, 1.82) is 0 Å². The van der Waals surface area contributed by atoms with Crippen molar-refractivity contribution < 1.29 is 19.1 Å². The first-order valence-electron chi connectivity index (χ1n) is 10.3. The van der Waals surface area contributed by atoms with Gasteiger partial charge in [-0.15, -0.1) is 0 Å². The number of anilines is 1. The van der Waals surface area contributed by atoms with Gasteiger partial charge in [0.2, 0.25) is 0 Å². The molecule has 1 N–H and O–H groups in total. The van der Waals surface area contributed by atoms with Gasteiger partial charge in [-0.25, -0.2) is 20.0 Å². The van der Waals surface area contributed by atoms with Gasteiger partial charge in [0.25, 0.3) is 0 Å². The number of hydrazone groups is 1. The van der Waals surface area contributed by atoms with Crippen LogP contribution in [0.4, 0.5) is 15.3 Å². The van der Waals surface area contributed by atoms with Crippen LogP contribution in [-0.2, 0) is 9.47 Å². The van der Waals surface area contributed by atoms with Crippen molar-refractivity contribution in [2.24, 2.45) is 10.5 Å². The van der Waals surface area contributed by atoms with Crippen LogP contribution in [0, 0.1) is 5.41 Å². The summed E-state index contributed by atoms with van der Waals surface area (Å²) in [6.45, 7) is 13.5. The molecule has 30 heavy (non-hydrogen) atoms. The molecule has 0 spiro atoms. The zero-order valence-corrected chi connectivity index (χ0v) is 19.0. The fourth-order valence-corrected chi connectivity index (χ4v) is 3.00. The maximum atomic E-state index is 12.7. The highest BCUT2D eigenvalue weighted by Crippen LogP contribution is 2.31. The lowest BCUT2D eigenvalue weighted by atomic mass is 9.87. The quantitative estimate of drug-likeness (QED) is 0.709. The molecule has 8 nitrogen and oxygen atoms in total. The second-order valence-electron chi connectivity index (χ2n) is 8.94. The maximum absolute atomic E-state index is 12.7. The largest absolute Gasteiger partial charge is 0.446 e. The van der Waals surface area contributed by atoms with E-state index in [0.717, 1.165) is 11.4 Å². The molecule has 1 aliphatic rings. The summed E-state index contributed by atoms with van der Waals surface area (Å²) in [5, 5.41) is 7.92. The van der Waals surface area contributed by atoms with E-state index in [2.05, 4.69) is 26.2 Å². The molecule has 8 heteroatoms. The fourth-order valence-electron chi connectivity index (χ4n) is 3.00. The molecule has 0 aromatic heterocycles. The Kier molecular flexibility index (Phi) is 7.70. The number of hydrazine groups is 1. The summed E-state index contributed by atoms with van der Waals surface area (Å²) in [6.07, 6.45) is -1.31. The molecule has 2 rings (SSSR count). The lowest BCUT2D eigenvalue weighted by Crippen LogP contribution is -2.52. The standard InChI is InChI=1S/C22H34N4O4/c1-15(2)29-20(27)24-25(21(28)30-16(3)4)14-18-13-19(22(5,6)7)23-26(18)17-11-9-8-10-12-17/h8-12,15-16,18H,13-14H2,1-7H3,(H,24,27). The van der Waals surface area contributed by atoms with Gasteiger partial charge in [-0.3, -0.25) is 5.01 Å². The van der Waals surface area contributed by atoms with E-state index in [1.54, 1.807) is 27.7 Å². The average Bonchev–Trinajstić information content (AvgIpc) is 3.05. The maximum Gasteiger partial charge on any atom is 0.429 e. The smallest absolute Gasteiger partial charge is 0.429 e. The second kappa shape index (κ2) is 9.82. The topological polar surface area (TPSA) is 83.5 Å². The van der Waals surface area contributed by atoms with Crippen molar-refractivity contribution in [2.75, 3.05) is 11.6 Å². The van der Waals surface area contributed by atoms with Gasteiger partial charge < -0.3 is 9.47 Å². The van der Waals surface area contributed by atoms with E-state index in [0.29, 0.717) is 6.42 Å². The Labute approximate surface area is 179 Å².